The van der Waals surface area contributed by atoms with Crippen molar-refractivity contribution in [2.24, 2.45) is 0 Å². The Balaban J connectivity index is 2.19. The van der Waals surface area contributed by atoms with Gasteiger partial charge in [0, 0.05) is 10.8 Å². The van der Waals surface area contributed by atoms with Crippen molar-refractivity contribution in [3.8, 4) is 0 Å². The second kappa shape index (κ2) is 5.58. The normalized spacial score (nSPS) is 20.4. The van der Waals surface area contributed by atoms with E-state index in [-0.39, 0.29) is 18.5 Å². The Morgan fingerprint density at radius 2 is 2.10 bits per heavy atom. The lowest BCUT2D eigenvalue weighted by molar-refractivity contribution is -0.151. The molecule has 0 amide bonds. The van der Waals surface area contributed by atoms with E-state index in [0.717, 1.165) is 16.0 Å². The summed E-state index contributed by atoms with van der Waals surface area (Å²) in [5, 5.41) is 11.9. The van der Waals surface area contributed by atoms with Gasteiger partial charge in [0.15, 0.2) is 0 Å². The van der Waals surface area contributed by atoms with E-state index in [1.54, 1.807) is 6.92 Å². The van der Waals surface area contributed by atoms with Crippen molar-refractivity contribution in [2.75, 3.05) is 6.61 Å². The van der Waals surface area contributed by atoms with Gasteiger partial charge in [0.2, 0.25) is 6.10 Å². The highest BCUT2D eigenvalue weighted by atomic mass is 16.6. The second-order valence-corrected chi connectivity index (χ2v) is 4.80. The van der Waals surface area contributed by atoms with Gasteiger partial charge in [-0.15, -0.1) is 0 Å². The van der Waals surface area contributed by atoms with Gasteiger partial charge in [-0.05, 0) is 18.2 Å². The SMILES string of the molecule is CCOC(=O)C(O)C1=c2ccccc2=C2C=CC=CC2O1. The van der Waals surface area contributed by atoms with Crippen LogP contribution in [0, 0.1) is 0 Å². The number of rotatable bonds is 3. The third kappa shape index (κ3) is 2.38. The van der Waals surface area contributed by atoms with E-state index in [9.17, 15) is 9.90 Å². The van der Waals surface area contributed by atoms with Crippen molar-refractivity contribution in [3.05, 3.63) is 59.0 Å². The van der Waals surface area contributed by atoms with Crippen molar-refractivity contribution in [1.29, 1.82) is 0 Å². The van der Waals surface area contributed by atoms with Crippen molar-refractivity contribution in [1.82, 2.24) is 0 Å². The zero-order valence-electron chi connectivity index (χ0n) is 11.7. The van der Waals surface area contributed by atoms with Crippen LogP contribution in [0.3, 0.4) is 0 Å². The minimum absolute atomic E-state index is 0.217. The standard InChI is InChI=1S/C17H16O4/c1-2-20-17(19)15(18)16-13-9-4-3-7-11(13)12-8-5-6-10-14(12)21-16/h3-10,14-15,18H,2H2,1H3. The topological polar surface area (TPSA) is 55.8 Å². The van der Waals surface area contributed by atoms with Gasteiger partial charge in [0.05, 0.1) is 6.61 Å². The van der Waals surface area contributed by atoms with Gasteiger partial charge in [0.1, 0.15) is 11.9 Å². The number of allylic oxidation sites excluding steroid dienone is 2. The van der Waals surface area contributed by atoms with Gasteiger partial charge in [-0.1, -0.05) is 42.5 Å². The molecule has 0 fully saturated rings. The number of benzene rings is 1. The van der Waals surface area contributed by atoms with Crippen LogP contribution in [0.1, 0.15) is 6.92 Å². The molecule has 2 atom stereocenters. The molecule has 0 radical (unpaired) electrons. The van der Waals surface area contributed by atoms with E-state index >= 15 is 0 Å². The number of carbonyl (C=O) groups excluding carboxylic acids is 1. The summed E-state index contributed by atoms with van der Waals surface area (Å²) in [6.07, 6.45) is 6.01. The molecule has 2 unspecified atom stereocenters. The molecule has 1 aromatic carbocycles. The van der Waals surface area contributed by atoms with E-state index in [1.807, 2.05) is 48.6 Å². The minimum atomic E-state index is -1.41. The summed E-state index contributed by atoms with van der Waals surface area (Å²) in [7, 11) is 0. The van der Waals surface area contributed by atoms with Crippen molar-refractivity contribution < 1.29 is 19.4 Å². The van der Waals surface area contributed by atoms with E-state index in [1.165, 1.54) is 0 Å². The molecular formula is C17H16O4. The monoisotopic (exact) mass is 284 g/mol. The Kier molecular flexibility index (Phi) is 3.62. The zero-order valence-corrected chi connectivity index (χ0v) is 11.7. The van der Waals surface area contributed by atoms with Gasteiger partial charge in [-0.25, -0.2) is 4.79 Å². The highest BCUT2D eigenvalue weighted by Gasteiger charge is 2.29. The first kappa shape index (κ1) is 13.6. The lowest BCUT2D eigenvalue weighted by Crippen LogP contribution is -2.43. The molecule has 0 aromatic heterocycles. The van der Waals surface area contributed by atoms with E-state index in [2.05, 4.69) is 0 Å². The predicted octanol–water partition coefficient (Wildman–Crippen LogP) is 0.394. The lowest BCUT2D eigenvalue weighted by Gasteiger charge is -2.27. The number of esters is 1. The number of aliphatic hydroxyl groups excluding tert-OH is 1. The first-order valence-corrected chi connectivity index (χ1v) is 6.92. The summed E-state index contributed by atoms with van der Waals surface area (Å²) < 4.78 is 10.7. The van der Waals surface area contributed by atoms with E-state index in [4.69, 9.17) is 9.47 Å². The first-order valence-electron chi connectivity index (χ1n) is 6.92. The molecule has 1 aliphatic heterocycles. The quantitative estimate of drug-likeness (QED) is 0.816. The van der Waals surface area contributed by atoms with Crippen LogP contribution in [0.25, 0.3) is 11.3 Å². The Morgan fingerprint density at radius 3 is 2.86 bits per heavy atom. The third-order valence-electron chi connectivity index (χ3n) is 3.49. The van der Waals surface area contributed by atoms with Crippen LogP contribution >= 0.6 is 0 Å². The predicted molar refractivity (Wildman–Crippen MR) is 78.3 cm³/mol. The summed E-state index contributed by atoms with van der Waals surface area (Å²) in [6.45, 7) is 1.92. The molecular weight excluding hydrogens is 268 g/mol. The molecule has 4 heteroatoms. The van der Waals surface area contributed by atoms with Crippen LogP contribution in [0.15, 0.2) is 48.6 Å². The van der Waals surface area contributed by atoms with Gasteiger partial charge >= 0.3 is 5.97 Å². The van der Waals surface area contributed by atoms with E-state index in [0.29, 0.717) is 0 Å². The van der Waals surface area contributed by atoms with Gasteiger partial charge in [0.25, 0.3) is 0 Å². The number of ether oxygens (including phenoxy) is 2. The second-order valence-electron chi connectivity index (χ2n) is 4.80. The largest absolute Gasteiger partial charge is 0.482 e. The van der Waals surface area contributed by atoms with Crippen molar-refractivity contribution in [2.45, 2.75) is 19.1 Å². The molecule has 0 saturated carbocycles. The highest BCUT2D eigenvalue weighted by molar-refractivity contribution is 5.85. The lowest BCUT2D eigenvalue weighted by atomic mass is 9.97. The van der Waals surface area contributed by atoms with Crippen molar-refractivity contribution >= 4 is 17.3 Å². The summed E-state index contributed by atoms with van der Waals surface area (Å²) in [5.41, 5.74) is 1.02. The Hall–Kier alpha value is -2.33. The minimum Gasteiger partial charge on any atom is -0.482 e. The van der Waals surface area contributed by atoms with Gasteiger partial charge in [-0.3, -0.25) is 0 Å². The molecule has 108 valence electrons. The zero-order chi connectivity index (χ0) is 14.8. The smallest absolute Gasteiger partial charge is 0.342 e. The fourth-order valence-electron chi connectivity index (χ4n) is 2.56. The average molecular weight is 284 g/mol. The Labute approximate surface area is 122 Å². The van der Waals surface area contributed by atoms with Gasteiger partial charge < -0.3 is 14.6 Å². The van der Waals surface area contributed by atoms with Crippen LogP contribution in [0.2, 0.25) is 0 Å². The molecule has 0 saturated heterocycles. The number of hydrogen-bond acceptors (Lipinski definition) is 4. The molecule has 1 N–H and O–H groups in total. The fourth-order valence-corrected chi connectivity index (χ4v) is 2.56. The summed E-state index contributed by atoms with van der Waals surface area (Å²) in [5.74, 6) is -0.446. The fraction of sp³-hybridized carbons (Fsp3) is 0.235. The van der Waals surface area contributed by atoms with Crippen LogP contribution < -0.4 is 10.4 Å². The van der Waals surface area contributed by atoms with Crippen LogP contribution in [0.5, 0.6) is 0 Å². The maximum absolute atomic E-state index is 11.8. The highest BCUT2D eigenvalue weighted by Crippen LogP contribution is 2.22. The van der Waals surface area contributed by atoms with Gasteiger partial charge in [-0.2, -0.15) is 0 Å². The summed E-state index contributed by atoms with van der Waals surface area (Å²) in [4.78, 5) is 11.8. The van der Waals surface area contributed by atoms with Crippen LogP contribution in [0.4, 0.5) is 0 Å². The molecule has 0 spiro atoms. The number of carbonyl (C=O) groups is 1. The molecule has 4 nitrogen and oxygen atoms in total. The van der Waals surface area contributed by atoms with Crippen molar-refractivity contribution in [3.63, 3.8) is 0 Å². The Morgan fingerprint density at radius 1 is 1.33 bits per heavy atom. The maximum atomic E-state index is 11.8. The van der Waals surface area contributed by atoms with Crippen LogP contribution in [-0.2, 0) is 14.3 Å². The molecule has 3 rings (SSSR count). The summed E-state index contributed by atoms with van der Waals surface area (Å²) >= 11 is 0. The van der Waals surface area contributed by atoms with E-state index < -0.39 is 12.1 Å². The molecule has 2 aliphatic rings. The summed E-state index contributed by atoms with van der Waals surface area (Å²) in [6, 6.07) is 7.57. The molecule has 1 aromatic rings. The average Bonchev–Trinajstić information content (AvgIpc) is 2.53. The molecule has 1 aliphatic carbocycles. The number of fused-ring (bicyclic) bond motifs is 2. The molecule has 1 heterocycles. The third-order valence-corrected chi connectivity index (χ3v) is 3.49. The molecule has 0 bridgehead atoms. The number of aliphatic hydroxyl groups is 1. The Bertz CT molecular complexity index is 742. The molecule has 21 heavy (non-hydrogen) atoms. The first-order chi connectivity index (χ1) is 10.2. The number of hydrogen-bond donors (Lipinski definition) is 1. The van der Waals surface area contributed by atoms with Crippen LogP contribution in [-0.4, -0.2) is 29.9 Å². The maximum Gasteiger partial charge on any atom is 0.342 e.